The number of anilines is 2. The molecular formula is C22H21FN4O2. The van der Waals surface area contributed by atoms with Gasteiger partial charge < -0.3 is 15.0 Å². The molecule has 2 heterocycles. The molecule has 3 aromatic rings. The highest BCUT2D eigenvalue weighted by Gasteiger charge is 2.14. The number of hydrogen-bond donors (Lipinski definition) is 1. The third-order valence-electron chi connectivity index (χ3n) is 4.73. The van der Waals surface area contributed by atoms with Crippen LogP contribution in [0.2, 0.25) is 0 Å². The Bertz CT molecular complexity index is 954. The van der Waals surface area contributed by atoms with E-state index < -0.39 is 0 Å². The molecule has 1 aliphatic rings. The first-order valence-electron chi connectivity index (χ1n) is 9.55. The summed E-state index contributed by atoms with van der Waals surface area (Å²) in [6.07, 6.45) is 2.40. The van der Waals surface area contributed by atoms with Crippen LogP contribution in [0, 0.1) is 5.82 Å². The van der Waals surface area contributed by atoms with E-state index in [1.165, 1.54) is 37.1 Å². The highest BCUT2D eigenvalue weighted by Crippen LogP contribution is 2.22. The Morgan fingerprint density at radius 3 is 2.34 bits per heavy atom. The summed E-state index contributed by atoms with van der Waals surface area (Å²) in [4.78, 5) is 14.3. The smallest absolute Gasteiger partial charge is 0.262 e. The molecule has 2 aromatic carbocycles. The van der Waals surface area contributed by atoms with E-state index in [-0.39, 0.29) is 18.3 Å². The van der Waals surface area contributed by atoms with Crippen molar-refractivity contribution in [2.45, 2.75) is 12.8 Å². The number of ether oxygens (including phenoxy) is 1. The van der Waals surface area contributed by atoms with Crippen molar-refractivity contribution < 1.29 is 13.9 Å². The molecule has 1 fully saturated rings. The van der Waals surface area contributed by atoms with Crippen LogP contribution in [0.25, 0.3) is 11.3 Å². The Labute approximate surface area is 168 Å². The van der Waals surface area contributed by atoms with E-state index in [1.54, 1.807) is 12.1 Å². The molecule has 6 nitrogen and oxygen atoms in total. The van der Waals surface area contributed by atoms with Crippen LogP contribution in [0.4, 0.5) is 15.9 Å². The average Bonchev–Trinajstić information content (AvgIpc) is 3.29. The zero-order valence-electron chi connectivity index (χ0n) is 15.8. The lowest BCUT2D eigenvalue weighted by molar-refractivity contribution is -0.118. The second-order valence-corrected chi connectivity index (χ2v) is 6.84. The SMILES string of the molecule is O=C(COc1ccc(F)cc1)Nc1ccc(-c2ccc(N3CCCC3)nn2)cc1. The molecular weight excluding hydrogens is 371 g/mol. The number of benzene rings is 2. The minimum atomic E-state index is -0.350. The van der Waals surface area contributed by atoms with Crippen molar-refractivity contribution in [3.05, 3.63) is 66.5 Å². The molecule has 29 heavy (non-hydrogen) atoms. The van der Waals surface area contributed by atoms with Gasteiger partial charge in [-0.2, -0.15) is 0 Å². The van der Waals surface area contributed by atoms with Crippen LogP contribution in [0.5, 0.6) is 5.75 Å². The molecule has 1 aliphatic heterocycles. The lowest BCUT2D eigenvalue weighted by Crippen LogP contribution is -2.20. The highest BCUT2D eigenvalue weighted by atomic mass is 19.1. The number of rotatable bonds is 6. The van der Waals surface area contributed by atoms with Gasteiger partial charge in [-0.15, -0.1) is 10.2 Å². The number of aromatic nitrogens is 2. The zero-order valence-corrected chi connectivity index (χ0v) is 15.8. The number of nitrogens with one attached hydrogen (secondary N) is 1. The molecule has 0 unspecified atom stereocenters. The predicted molar refractivity (Wildman–Crippen MR) is 109 cm³/mol. The minimum absolute atomic E-state index is 0.156. The second-order valence-electron chi connectivity index (χ2n) is 6.84. The maximum Gasteiger partial charge on any atom is 0.262 e. The van der Waals surface area contributed by atoms with Crippen molar-refractivity contribution in [3.63, 3.8) is 0 Å². The van der Waals surface area contributed by atoms with E-state index >= 15 is 0 Å². The molecule has 0 atom stereocenters. The third-order valence-corrected chi connectivity index (χ3v) is 4.73. The van der Waals surface area contributed by atoms with E-state index in [2.05, 4.69) is 20.4 Å². The van der Waals surface area contributed by atoms with E-state index in [4.69, 9.17) is 4.74 Å². The summed E-state index contributed by atoms with van der Waals surface area (Å²) in [6.45, 7) is 1.91. The van der Waals surface area contributed by atoms with Gasteiger partial charge in [-0.1, -0.05) is 12.1 Å². The molecule has 1 aromatic heterocycles. The van der Waals surface area contributed by atoms with Gasteiger partial charge in [0.2, 0.25) is 0 Å². The highest BCUT2D eigenvalue weighted by molar-refractivity contribution is 5.92. The molecule has 0 aliphatic carbocycles. The van der Waals surface area contributed by atoms with Gasteiger partial charge in [-0.3, -0.25) is 4.79 Å². The zero-order chi connectivity index (χ0) is 20.1. The van der Waals surface area contributed by atoms with E-state index in [9.17, 15) is 9.18 Å². The Morgan fingerprint density at radius 2 is 1.69 bits per heavy atom. The number of carbonyl (C=O) groups is 1. The van der Waals surface area contributed by atoms with Crippen molar-refractivity contribution in [3.8, 4) is 17.0 Å². The number of halogens is 1. The van der Waals surface area contributed by atoms with Gasteiger partial charge in [0.05, 0.1) is 5.69 Å². The van der Waals surface area contributed by atoms with Crippen molar-refractivity contribution in [1.82, 2.24) is 10.2 Å². The van der Waals surface area contributed by atoms with E-state index in [0.717, 1.165) is 30.2 Å². The second kappa shape index (κ2) is 8.68. The van der Waals surface area contributed by atoms with Crippen LogP contribution < -0.4 is 15.0 Å². The summed E-state index contributed by atoms with van der Waals surface area (Å²) in [6, 6.07) is 16.9. The lowest BCUT2D eigenvalue weighted by atomic mass is 10.1. The van der Waals surface area contributed by atoms with Gasteiger partial charge in [0, 0.05) is 24.3 Å². The number of amides is 1. The summed E-state index contributed by atoms with van der Waals surface area (Å²) in [7, 11) is 0. The normalized spacial score (nSPS) is 13.3. The fourth-order valence-electron chi connectivity index (χ4n) is 3.20. The quantitative estimate of drug-likeness (QED) is 0.689. The van der Waals surface area contributed by atoms with E-state index in [0.29, 0.717) is 11.4 Å². The van der Waals surface area contributed by atoms with Crippen LogP contribution in [-0.4, -0.2) is 35.8 Å². The fraction of sp³-hybridized carbons (Fsp3) is 0.227. The van der Waals surface area contributed by atoms with Crippen molar-refractivity contribution in [1.29, 1.82) is 0 Å². The van der Waals surface area contributed by atoms with Crippen molar-refractivity contribution in [2.75, 3.05) is 29.9 Å². The van der Waals surface area contributed by atoms with Gasteiger partial charge in [-0.05, 0) is 61.4 Å². The average molecular weight is 392 g/mol. The van der Waals surface area contributed by atoms with Crippen LogP contribution in [0.1, 0.15) is 12.8 Å². The van der Waals surface area contributed by atoms with Crippen molar-refractivity contribution >= 4 is 17.4 Å². The monoisotopic (exact) mass is 392 g/mol. The summed E-state index contributed by atoms with van der Waals surface area (Å²) in [5.74, 6) is 0.707. The first kappa shape index (κ1) is 18.9. The Hall–Kier alpha value is -3.48. The summed E-state index contributed by atoms with van der Waals surface area (Å²) >= 11 is 0. The minimum Gasteiger partial charge on any atom is -0.484 e. The molecule has 7 heteroatoms. The Morgan fingerprint density at radius 1 is 0.966 bits per heavy atom. The van der Waals surface area contributed by atoms with Crippen LogP contribution in [-0.2, 0) is 4.79 Å². The first-order chi connectivity index (χ1) is 14.2. The Balaban J connectivity index is 1.32. The number of hydrogen-bond acceptors (Lipinski definition) is 5. The van der Waals surface area contributed by atoms with Gasteiger partial charge in [0.25, 0.3) is 5.91 Å². The lowest BCUT2D eigenvalue weighted by Gasteiger charge is -2.15. The molecule has 1 N–H and O–H groups in total. The van der Waals surface area contributed by atoms with Crippen LogP contribution in [0.15, 0.2) is 60.7 Å². The van der Waals surface area contributed by atoms with Gasteiger partial charge in [0.1, 0.15) is 11.6 Å². The van der Waals surface area contributed by atoms with E-state index in [1.807, 2.05) is 24.3 Å². The maximum atomic E-state index is 12.9. The molecule has 1 amide bonds. The Kier molecular flexibility index (Phi) is 5.65. The van der Waals surface area contributed by atoms with Gasteiger partial charge in [0.15, 0.2) is 12.4 Å². The molecule has 0 bridgehead atoms. The summed E-state index contributed by atoms with van der Waals surface area (Å²) in [5.41, 5.74) is 2.36. The molecule has 0 radical (unpaired) electrons. The molecule has 4 rings (SSSR count). The fourth-order valence-corrected chi connectivity index (χ4v) is 3.20. The largest absolute Gasteiger partial charge is 0.484 e. The van der Waals surface area contributed by atoms with Gasteiger partial charge in [-0.25, -0.2) is 4.39 Å². The summed E-state index contributed by atoms with van der Waals surface area (Å²) < 4.78 is 18.2. The maximum absolute atomic E-state index is 12.9. The number of carbonyl (C=O) groups excluding carboxylic acids is 1. The molecule has 148 valence electrons. The van der Waals surface area contributed by atoms with Gasteiger partial charge >= 0.3 is 0 Å². The van der Waals surface area contributed by atoms with Crippen molar-refractivity contribution in [2.24, 2.45) is 0 Å². The van der Waals surface area contributed by atoms with Crippen LogP contribution >= 0.6 is 0 Å². The number of nitrogens with zero attached hydrogens (tertiary/aromatic N) is 3. The van der Waals surface area contributed by atoms with Crippen LogP contribution in [0.3, 0.4) is 0 Å². The third kappa shape index (κ3) is 4.87. The predicted octanol–water partition coefficient (Wildman–Crippen LogP) is 3.90. The molecule has 0 spiro atoms. The first-order valence-corrected chi connectivity index (χ1v) is 9.55. The summed E-state index contributed by atoms with van der Waals surface area (Å²) in [5, 5.41) is 11.4. The molecule has 1 saturated heterocycles. The molecule has 0 saturated carbocycles. The topological polar surface area (TPSA) is 67.3 Å². The standard InChI is InChI=1S/C22H21FN4O2/c23-17-5-9-19(10-6-17)29-15-22(28)24-18-7-3-16(4-8-18)20-11-12-21(26-25-20)27-13-1-2-14-27/h3-12H,1-2,13-15H2,(H,24,28).